The van der Waals surface area contributed by atoms with Crippen molar-refractivity contribution in [2.75, 3.05) is 18.6 Å². The molecule has 0 heterocycles. The Morgan fingerprint density at radius 3 is 1.73 bits per heavy atom. The van der Waals surface area contributed by atoms with Gasteiger partial charge in [-0.1, -0.05) is 0 Å². The molecule has 188 valence electrons. The zero-order chi connectivity index (χ0) is 25.6. The van der Waals surface area contributed by atoms with Gasteiger partial charge in [-0.25, -0.2) is 4.79 Å². The highest BCUT2D eigenvalue weighted by molar-refractivity contribution is 7.98. The fraction of sp³-hybridized carbons (Fsp3) is 0.667. The van der Waals surface area contributed by atoms with Gasteiger partial charge in [-0.3, -0.25) is 24.0 Å². The highest BCUT2D eigenvalue weighted by Gasteiger charge is 2.30. The van der Waals surface area contributed by atoms with Gasteiger partial charge in [0.2, 0.25) is 23.6 Å². The molecule has 4 atom stereocenters. The SMILES string of the molecule is CSCCC(NC(=O)C(CCC(N)=O)NC(=O)C(CCC(=O)O)NC(=O)C(N)CO)C(=O)O. The van der Waals surface area contributed by atoms with E-state index in [1.165, 1.54) is 11.8 Å². The number of nitrogens with two attached hydrogens (primary N) is 2. The Morgan fingerprint density at radius 2 is 1.30 bits per heavy atom. The maximum Gasteiger partial charge on any atom is 0.326 e. The van der Waals surface area contributed by atoms with E-state index in [0.29, 0.717) is 5.75 Å². The van der Waals surface area contributed by atoms with Crippen molar-refractivity contribution in [2.24, 2.45) is 11.5 Å². The number of thioether (sulfide) groups is 1. The largest absolute Gasteiger partial charge is 0.481 e. The van der Waals surface area contributed by atoms with E-state index in [0.717, 1.165) is 0 Å². The number of hydrogen-bond acceptors (Lipinski definition) is 9. The van der Waals surface area contributed by atoms with Crippen LogP contribution in [0, 0.1) is 0 Å². The third kappa shape index (κ3) is 12.6. The van der Waals surface area contributed by atoms with E-state index in [1.807, 2.05) is 0 Å². The van der Waals surface area contributed by atoms with Gasteiger partial charge in [0.05, 0.1) is 6.61 Å². The van der Waals surface area contributed by atoms with Gasteiger partial charge in [-0.2, -0.15) is 11.8 Å². The molecular weight excluding hydrogens is 462 g/mol. The molecule has 15 heteroatoms. The average Bonchev–Trinajstić information content (AvgIpc) is 2.74. The van der Waals surface area contributed by atoms with E-state index in [1.54, 1.807) is 6.26 Å². The van der Waals surface area contributed by atoms with Crippen molar-refractivity contribution < 1.29 is 44.1 Å². The number of carboxylic acids is 2. The number of hydrogen-bond donors (Lipinski definition) is 8. The maximum absolute atomic E-state index is 12.7. The molecule has 0 bridgehead atoms. The molecule has 0 aliphatic carbocycles. The monoisotopic (exact) mass is 493 g/mol. The lowest BCUT2D eigenvalue weighted by Crippen LogP contribution is -2.57. The third-order valence-electron chi connectivity index (χ3n) is 4.35. The highest BCUT2D eigenvalue weighted by atomic mass is 32.2. The zero-order valence-corrected chi connectivity index (χ0v) is 18.9. The smallest absolute Gasteiger partial charge is 0.326 e. The molecule has 4 amide bonds. The minimum atomic E-state index is -1.43. The van der Waals surface area contributed by atoms with Crippen LogP contribution >= 0.6 is 11.8 Å². The number of amides is 4. The maximum atomic E-state index is 12.7. The van der Waals surface area contributed by atoms with E-state index in [9.17, 15) is 33.9 Å². The van der Waals surface area contributed by atoms with Gasteiger partial charge in [0.25, 0.3) is 0 Å². The number of carbonyl (C=O) groups excluding carboxylic acids is 4. The number of nitrogens with one attached hydrogen (secondary N) is 3. The summed E-state index contributed by atoms with van der Waals surface area (Å²) in [4.78, 5) is 70.8. The second-order valence-electron chi connectivity index (χ2n) is 7.03. The van der Waals surface area contributed by atoms with Crippen molar-refractivity contribution in [3.05, 3.63) is 0 Å². The van der Waals surface area contributed by atoms with Crippen LogP contribution in [0.15, 0.2) is 0 Å². The second kappa shape index (κ2) is 15.8. The minimum Gasteiger partial charge on any atom is -0.481 e. The van der Waals surface area contributed by atoms with E-state index in [2.05, 4.69) is 16.0 Å². The van der Waals surface area contributed by atoms with Gasteiger partial charge < -0.3 is 42.7 Å². The van der Waals surface area contributed by atoms with Crippen molar-refractivity contribution in [3.8, 4) is 0 Å². The Morgan fingerprint density at radius 1 is 0.818 bits per heavy atom. The summed E-state index contributed by atoms with van der Waals surface area (Å²) in [6.07, 6.45) is 0.404. The molecular formula is C18H31N5O9S. The van der Waals surface area contributed by atoms with Gasteiger partial charge in [0, 0.05) is 12.8 Å². The van der Waals surface area contributed by atoms with Crippen LogP contribution in [0.2, 0.25) is 0 Å². The van der Waals surface area contributed by atoms with Crippen molar-refractivity contribution in [2.45, 2.75) is 56.3 Å². The first-order valence-corrected chi connectivity index (χ1v) is 11.3. The Labute approximate surface area is 194 Å². The second-order valence-corrected chi connectivity index (χ2v) is 8.02. The molecule has 33 heavy (non-hydrogen) atoms. The van der Waals surface area contributed by atoms with Crippen molar-refractivity contribution in [1.82, 2.24) is 16.0 Å². The highest BCUT2D eigenvalue weighted by Crippen LogP contribution is 2.06. The molecule has 0 aliphatic rings. The summed E-state index contributed by atoms with van der Waals surface area (Å²) in [6.45, 7) is -0.727. The van der Waals surface area contributed by atoms with E-state index in [-0.39, 0.29) is 25.7 Å². The Hall–Kier alpha value is -2.91. The van der Waals surface area contributed by atoms with Crippen LogP contribution in [0.5, 0.6) is 0 Å². The number of primary amides is 1. The minimum absolute atomic E-state index is 0.106. The first kappa shape index (κ1) is 30.1. The summed E-state index contributed by atoms with van der Waals surface area (Å²) in [5, 5.41) is 33.9. The molecule has 0 fully saturated rings. The molecule has 0 aromatic heterocycles. The van der Waals surface area contributed by atoms with E-state index >= 15 is 0 Å². The van der Waals surface area contributed by atoms with Gasteiger partial charge >= 0.3 is 11.9 Å². The molecule has 0 aliphatic heterocycles. The van der Waals surface area contributed by atoms with Crippen LogP contribution in [0.3, 0.4) is 0 Å². The Bertz CT molecular complexity index is 721. The van der Waals surface area contributed by atoms with Crippen LogP contribution in [0.25, 0.3) is 0 Å². The van der Waals surface area contributed by atoms with Crippen LogP contribution in [0.1, 0.15) is 32.1 Å². The lowest BCUT2D eigenvalue weighted by molar-refractivity contribution is -0.142. The van der Waals surface area contributed by atoms with Gasteiger partial charge in [0.15, 0.2) is 0 Å². The topological polar surface area (TPSA) is 251 Å². The van der Waals surface area contributed by atoms with Crippen molar-refractivity contribution in [3.63, 3.8) is 0 Å². The standard InChI is InChI=1S/C18H31N5O9S/c1-33-7-6-12(18(31)32)23-17(30)10(2-4-13(20)25)22-16(29)11(3-5-14(26)27)21-15(28)9(19)8-24/h9-12,24H,2-8,19H2,1H3,(H2,20,25)(H,21,28)(H,22,29)(H,23,30)(H,26,27)(H,31,32). The summed E-state index contributed by atoms with van der Waals surface area (Å²) >= 11 is 1.37. The predicted molar refractivity (Wildman–Crippen MR) is 117 cm³/mol. The lowest BCUT2D eigenvalue weighted by atomic mass is 10.1. The molecule has 0 aromatic carbocycles. The normalized spacial score (nSPS) is 14.3. The third-order valence-corrected chi connectivity index (χ3v) is 4.99. The summed E-state index contributed by atoms with van der Waals surface area (Å²) < 4.78 is 0. The molecule has 0 aromatic rings. The fourth-order valence-corrected chi connectivity index (χ4v) is 2.96. The average molecular weight is 494 g/mol. The lowest BCUT2D eigenvalue weighted by Gasteiger charge is -2.24. The predicted octanol–water partition coefficient (Wildman–Crippen LogP) is -3.27. The molecule has 4 unspecified atom stereocenters. The first-order chi connectivity index (χ1) is 15.4. The molecule has 0 rings (SSSR count). The zero-order valence-electron chi connectivity index (χ0n) is 18.1. The molecule has 14 nitrogen and oxygen atoms in total. The summed E-state index contributed by atoms with van der Waals surface area (Å²) in [5.74, 6) is -5.67. The number of carboxylic acid groups (broad SMARTS) is 2. The van der Waals surface area contributed by atoms with E-state index in [4.69, 9.17) is 21.7 Å². The van der Waals surface area contributed by atoms with Crippen LogP contribution in [-0.2, 0) is 28.8 Å². The Balaban J connectivity index is 5.54. The fourth-order valence-electron chi connectivity index (χ4n) is 2.49. The van der Waals surface area contributed by atoms with Crippen LogP contribution in [-0.4, -0.2) is 93.7 Å². The quantitative estimate of drug-likeness (QED) is 0.0997. The number of carbonyl (C=O) groups is 6. The number of rotatable bonds is 17. The number of aliphatic hydroxyl groups excluding tert-OH is 1. The summed E-state index contributed by atoms with van der Waals surface area (Å²) in [5.41, 5.74) is 10.5. The molecule has 0 saturated heterocycles. The number of aliphatic carboxylic acids is 2. The molecule has 0 radical (unpaired) electrons. The van der Waals surface area contributed by atoms with Crippen molar-refractivity contribution >= 4 is 47.3 Å². The van der Waals surface area contributed by atoms with Crippen molar-refractivity contribution in [1.29, 1.82) is 0 Å². The van der Waals surface area contributed by atoms with Gasteiger partial charge in [-0.05, 0) is 31.3 Å². The van der Waals surface area contributed by atoms with E-state index < -0.39 is 72.8 Å². The number of aliphatic hydroxyl groups is 1. The summed E-state index contributed by atoms with van der Waals surface area (Å²) in [7, 11) is 0. The van der Waals surface area contributed by atoms with Gasteiger partial charge in [-0.15, -0.1) is 0 Å². The van der Waals surface area contributed by atoms with Crippen LogP contribution < -0.4 is 27.4 Å². The Kier molecular flexibility index (Phi) is 14.4. The first-order valence-electron chi connectivity index (χ1n) is 9.92. The summed E-state index contributed by atoms with van der Waals surface area (Å²) in [6, 6.07) is -5.44. The molecule has 10 N–H and O–H groups in total. The van der Waals surface area contributed by atoms with Gasteiger partial charge in [0.1, 0.15) is 24.2 Å². The van der Waals surface area contributed by atoms with Crippen LogP contribution in [0.4, 0.5) is 0 Å². The molecule has 0 spiro atoms. The molecule has 0 saturated carbocycles.